The Hall–Kier alpha value is -1.81. The molecule has 108 valence electrons. The second kappa shape index (κ2) is 4.88. The fourth-order valence-corrected chi connectivity index (χ4v) is 4.22. The standard InChI is InChI=1S/C13H9IN2O4S/c14-10-5-1-4-9-8(10)3-2-6-11(9)21(19,20)16-7-12(17)15-13(16)18/h1-7,17H,(H,15,18). The zero-order chi connectivity index (χ0) is 15.2. The molecule has 0 amide bonds. The van der Waals surface area contributed by atoms with Gasteiger partial charge in [-0.2, -0.15) is 3.97 Å². The molecule has 0 fully saturated rings. The Balaban J connectivity index is 2.37. The highest BCUT2D eigenvalue weighted by atomic mass is 127. The van der Waals surface area contributed by atoms with Crippen molar-refractivity contribution < 1.29 is 13.5 Å². The van der Waals surface area contributed by atoms with Crippen LogP contribution >= 0.6 is 22.6 Å². The van der Waals surface area contributed by atoms with Crippen molar-refractivity contribution in [1.82, 2.24) is 8.96 Å². The molecule has 0 aliphatic rings. The van der Waals surface area contributed by atoms with Gasteiger partial charge >= 0.3 is 5.69 Å². The zero-order valence-corrected chi connectivity index (χ0v) is 13.4. The average Bonchev–Trinajstić information content (AvgIpc) is 2.78. The van der Waals surface area contributed by atoms with Crippen LogP contribution in [0.5, 0.6) is 5.88 Å². The van der Waals surface area contributed by atoms with E-state index in [0.717, 1.165) is 15.2 Å². The third-order valence-electron chi connectivity index (χ3n) is 3.04. The van der Waals surface area contributed by atoms with Gasteiger partial charge in [0.2, 0.25) is 5.88 Å². The summed E-state index contributed by atoms with van der Waals surface area (Å²) in [6, 6.07) is 10.2. The first-order valence-electron chi connectivity index (χ1n) is 5.85. The van der Waals surface area contributed by atoms with E-state index >= 15 is 0 Å². The van der Waals surface area contributed by atoms with Crippen LogP contribution < -0.4 is 5.69 Å². The fraction of sp³-hybridized carbons (Fsp3) is 0. The van der Waals surface area contributed by atoms with Crippen LogP contribution in [0, 0.1) is 3.57 Å². The molecule has 0 aliphatic carbocycles. The number of aromatic hydroxyl groups is 1. The molecule has 1 heterocycles. The van der Waals surface area contributed by atoms with Gasteiger partial charge in [0, 0.05) is 8.96 Å². The first kappa shape index (κ1) is 14.1. The summed E-state index contributed by atoms with van der Waals surface area (Å²) in [7, 11) is -4.08. The lowest BCUT2D eigenvalue weighted by Gasteiger charge is -2.08. The summed E-state index contributed by atoms with van der Waals surface area (Å²) in [5.74, 6) is -0.501. The van der Waals surface area contributed by atoms with Gasteiger partial charge in [-0.3, -0.25) is 4.98 Å². The van der Waals surface area contributed by atoms with E-state index in [0.29, 0.717) is 9.36 Å². The molecule has 0 unspecified atom stereocenters. The Kier molecular flexibility index (Phi) is 3.29. The highest BCUT2D eigenvalue weighted by Crippen LogP contribution is 2.27. The summed E-state index contributed by atoms with van der Waals surface area (Å²) in [6.45, 7) is 0. The Labute approximate surface area is 133 Å². The van der Waals surface area contributed by atoms with Crippen molar-refractivity contribution in [2.24, 2.45) is 0 Å². The van der Waals surface area contributed by atoms with Gasteiger partial charge < -0.3 is 5.11 Å². The van der Waals surface area contributed by atoms with Gasteiger partial charge in [0.1, 0.15) is 0 Å². The topological polar surface area (TPSA) is 92.2 Å². The highest BCUT2D eigenvalue weighted by Gasteiger charge is 2.22. The quantitative estimate of drug-likeness (QED) is 0.625. The number of imidazole rings is 1. The number of halogens is 1. The molecule has 0 saturated heterocycles. The van der Waals surface area contributed by atoms with Gasteiger partial charge in [0.05, 0.1) is 11.1 Å². The summed E-state index contributed by atoms with van der Waals surface area (Å²) in [5.41, 5.74) is -0.907. The van der Waals surface area contributed by atoms with Crippen molar-refractivity contribution in [3.63, 3.8) is 0 Å². The van der Waals surface area contributed by atoms with Crippen molar-refractivity contribution in [1.29, 1.82) is 0 Å². The van der Waals surface area contributed by atoms with E-state index in [1.807, 2.05) is 17.1 Å². The van der Waals surface area contributed by atoms with Crippen molar-refractivity contribution in [2.45, 2.75) is 4.90 Å². The van der Waals surface area contributed by atoms with E-state index in [2.05, 4.69) is 22.6 Å². The maximum absolute atomic E-state index is 12.6. The van der Waals surface area contributed by atoms with Gasteiger partial charge in [-0.05, 0) is 40.1 Å². The average molecular weight is 416 g/mol. The molecule has 21 heavy (non-hydrogen) atoms. The van der Waals surface area contributed by atoms with Gasteiger partial charge in [-0.1, -0.05) is 24.3 Å². The fourth-order valence-electron chi connectivity index (χ4n) is 2.12. The Bertz CT molecular complexity index is 1000. The van der Waals surface area contributed by atoms with Crippen molar-refractivity contribution >= 4 is 43.4 Å². The predicted octanol–water partition coefficient (Wildman–Crippen LogP) is 1.88. The molecule has 2 aromatic carbocycles. The first-order valence-corrected chi connectivity index (χ1v) is 8.36. The van der Waals surface area contributed by atoms with E-state index in [1.165, 1.54) is 6.07 Å². The van der Waals surface area contributed by atoms with Gasteiger partial charge in [-0.15, -0.1) is 0 Å². The summed E-state index contributed by atoms with van der Waals surface area (Å²) >= 11 is 2.12. The molecule has 2 N–H and O–H groups in total. The van der Waals surface area contributed by atoms with Crippen LogP contribution in [0.15, 0.2) is 52.3 Å². The minimum Gasteiger partial charge on any atom is -0.493 e. The largest absolute Gasteiger partial charge is 0.493 e. The molecular formula is C13H9IN2O4S. The van der Waals surface area contributed by atoms with Crippen LogP contribution in [0.1, 0.15) is 0 Å². The van der Waals surface area contributed by atoms with Crippen LogP contribution in [-0.4, -0.2) is 22.5 Å². The smallest absolute Gasteiger partial charge is 0.342 e. The Morgan fingerprint density at radius 2 is 1.76 bits per heavy atom. The number of rotatable bonds is 2. The SMILES string of the molecule is O=c1[nH]c(O)cn1S(=O)(=O)c1cccc2c(I)cccc12. The van der Waals surface area contributed by atoms with Gasteiger partial charge in [-0.25, -0.2) is 13.2 Å². The molecule has 8 heteroatoms. The van der Waals surface area contributed by atoms with Crippen LogP contribution in [0.25, 0.3) is 10.8 Å². The molecule has 6 nitrogen and oxygen atoms in total. The number of aromatic nitrogens is 2. The van der Waals surface area contributed by atoms with Gasteiger partial charge in [0.15, 0.2) is 0 Å². The Morgan fingerprint density at radius 3 is 2.43 bits per heavy atom. The van der Waals surface area contributed by atoms with Crippen molar-refractivity contribution in [2.75, 3.05) is 0 Å². The number of nitrogens with one attached hydrogen (secondary N) is 1. The highest BCUT2D eigenvalue weighted by molar-refractivity contribution is 14.1. The molecule has 0 bridgehead atoms. The minimum atomic E-state index is -4.08. The summed E-state index contributed by atoms with van der Waals surface area (Å²) < 4.78 is 26.7. The molecule has 0 saturated carbocycles. The molecular weight excluding hydrogens is 407 g/mol. The number of nitrogens with zero attached hydrogens (tertiary/aromatic N) is 1. The van der Waals surface area contributed by atoms with E-state index < -0.39 is 21.6 Å². The van der Waals surface area contributed by atoms with Crippen LogP contribution in [0.4, 0.5) is 0 Å². The van der Waals surface area contributed by atoms with E-state index in [9.17, 15) is 18.3 Å². The molecule has 1 aromatic heterocycles. The lowest BCUT2D eigenvalue weighted by molar-refractivity contribution is 0.455. The molecule has 0 aliphatic heterocycles. The summed E-state index contributed by atoms with van der Waals surface area (Å²) in [5, 5.41) is 10.6. The second-order valence-electron chi connectivity index (χ2n) is 4.34. The third-order valence-corrected chi connectivity index (χ3v) is 5.68. The molecule has 0 spiro atoms. The Morgan fingerprint density at radius 1 is 1.10 bits per heavy atom. The van der Waals surface area contributed by atoms with E-state index in [-0.39, 0.29) is 4.90 Å². The number of fused-ring (bicyclic) bond motifs is 1. The van der Waals surface area contributed by atoms with Crippen LogP contribution in [0.3, 0.4) is 0 Å². The maximum atomic E-state index is 12.6. The molecule has 0 radical (unpaired) electrons. The predicted molar refractivity (Wildman–Crippen MR) is 86.0 cm³/mol. The number of hydrogen-bond acceptors (Lipinski definition) is 4. The van der Waals surface area contributed by atoms with Gasteiger partial charge in [0.25, 0.3) is 10.0 Å². The molecule has 3 aromatic rings. The number of hydrogen-bond donors (Lipinski definition) is 2. The molecule has 3 rings (SSSR count). The number of benzene rings is 2. The third kappa shape index (κ3) is 2.23. The zero-order valence-electron chi connectivity index (χ0n) is 10.4. The van der Waals surface area contributed by atoms with Crippen LogP contribution in [0.2, 0.25) is 0 Å². The first-order chi connectivity index (χ1) is 9.91. The normalized spacial score (nSPS) is 11.9. The molecule has 0 atom stereocenters. The van der Waals surface area contributed by atoms with Crippen molar-refractivity contribution in [3.8, 4) is 5.88 Å². The minimum absolute atomic E-state index is 0.0135. The number of H-pyrrole nitrogens is 1. The summed E-state index contributed by atoms with van der Waals surface area (Å²) in [6.07, 6.45) is 0.852. The van der Waals surface area contributed by atoms with E-state index in [1.54, 1.807) is 18.2 Å². The van der Waals surface area contributed by atoms with Crippen molar-refractivity contribution in [3.05, 3.63) is 56.6 Å². The van der Waals surface area contributed by atoms with E-state index in [4.69, 9.17) is 0 Å². The van der Waals surface area contributed by atoms with Crippen LogP contribution in [-0.2, 0) is 10.0 Å². The monoisotopic (exact) mass is 416 g/mol. The second-order valence-corrected chi connectivity index (χ2v) is 7.28. The lowest BCUT2D eigenvalue weighted by Crippen LogP contribution is -2.24. The number of aromatic amines is 1. The lowest BCUT2D eigenvalue weighted by atomic mass is 10.1. The maximum Gasteiger partial charge on any atom is 0.342 e. The summed E-state index contributed by atoms with van der Waals surface area (Å²) in [4.78, 5) is 13.7.